The third-order valence-electron chi connectivity index (χ3n) is 4.23. The molecule has 0 spiro atoms. The van der Waals surface area contributed by atoms with Gasteiger partial charge in [0.15, 0.2) is 0 Å². The van der Waals surface area contributed by atoms with Crippen LogP contribution in [0.4, 0.5) is 0 Å². The summed E-state index contributed by atoms with van der Waals surface area (Å²) in [5.41, 5.74) is 9.96. The summed E-state index contributed by atoms with van der Waals surface area (Å²) in [5.74, 6) is 0.312. The molecule has 0 fully saturated rings. The minimum absolute atomic E-state index is 0.0608. The molecule has 3 aromatic rings. The number of nitrogens with zero attached hydrogens (tertiary/aromatic N) is 2. The summed E-state index contributed by atoms with van der Waals surface area (Å²) in [4.78, 5) is 0. The van der Waals surface area contributed by atoms with E-state index in [1.165, 1.54) is 10.9 Å². The first-order valence-corrected chi connectivity index (χ1v) is 7.38. The predicted octanol–water partition coefficient (Wildman–Crippen LogP) is 3.25. The molecule has 0 radical (unpaired) electrons. The quantitative estimate of drug-likeness (QED) is 0.796. The van der Waals surface area contributed by atoms with Gasteiger partial charge in [0.1, 0.15) is 0 Å². The smallest absolute Gasteiger partial charge is 0.0718 e. The Bertz CT molecular complexity index is 731. The van der Waals surface area contributed by atoms with Gasteiger partial charge in [-0.3, -0.25) is 4.68 Å². The van der Waals surface area contributed by atoms with Crippen LogP contribution >= 0.6 is 0 Å². The van der Waals surface area contributed by atoms with Crippen molar-refractivity contribution in [3.63, 3.8) is 0 Å². The molecular weight excluding hydrogens is 258 g/mol. The lowest BCUT2D eigenvalue weighted by molar-refractivity contribution is 0.555. The van der Waals surface area contributed by atoms with Gasteiger partial charge < -0.3 is 5.73 Å². The Morgan fingerprint density at radius 2 is 1.71 bits per heavy atom. The van der Waals surface area contributed by atoms with Crippen molar-refractivity contribution in [2.24, 2.45) is 12.8 Å². The van der Waals surface area contributed by atoms with Crippen LogP contribution in [0.1, 0.15) is 24.1 Å². The summed E-state index contributed by atoms with van der Waals surface area (Å²) in [6.07, 6.45) is 0.789. The second kappa shape index (κ2) is 5.70. The maximum Gasteiger partial charge on any atom is 0.0718 e. The van der Waals surface area contributed by atoms with Crippen LogP contribution in [0.2, 0.25) is 0 Å². The second-order valence-electron chi connectivity index (χ2n) is 5.65. The van der Waals surface area contributed by atoms with Gasteiger partial charge in [-0.25, -0.2) is 0 Å². The highest BCUT2D eigenvalue weighted by Crippen LogP contribution is 2.23. The fraction of sp³-hybridized carbons (Fsp3) is 0.278. The molecule has 0 aliphatic rings. The van der Waals surface area contributed by atoms with E-state index >= 15 is 0 Å². The molecule has 0 amide bonds. The summed E-state index contributed by atoms with van der Waals surface area (Å²) in [5, 5.41) is 5.85. The fourth-order valence-corrected chi connectivity index (χ4v) is 2.84. The predicted molar refractivity (Wildman–Crippen MR) is 87.3 cm³/mol. The molecule has 0 bridgehead atoms. The minimum atomic E-state index is 0.0608. The van der Waals surface area contributed by atoms with E-state index < -0.39 is 0 Å². The zero-order chi connectivity index (χ0) is 14.8. The average Bonchev–Trinajstić information content (AvgIpc) is 2.84. The topological polar surface area (TPSA) is 43.8 Å². The maximum atomic E-state index is 6.43. The average molecular weight is 279 g/mol. The summed E-state index contributed by atoms with van der Waals surface area (Å²) in [7, 11) is 1.98. The first-order chi connectivity index (χ1) is 10.2. The number of hydrogen-bond acceptors (Lipinski definition) is 2. The Labute approximate surface area is 125 Å². The van der Waals surface area contributed by atoms with Crippen LogP contribution in [0.25, 0.3) is 10.9 Å². The van der Waals surface area contributed by atoms with E-state index in [4.69, 9.17) is 5.73 Å². The van der Waals surface area contributed by atoms with Crippen molar-refractivity contribution < 1.29 is 0 Å². The molecule has 0 aliphatic carbocycles. The van der Waals surface area contributed by atoms with Gasteiger partial charge in [0.2, 0.25) is 0 Å². The molecule has 2 atom stereocenters. The van der Waals surface area contributed by atoms with Gasteiger partial charge in [0, 0.05) is 24.9 Å². The number of nitrogens with two attached hydrogens (primary N) is 1. The summed E-state index contributed by atoms with van der Waals surface area (Å²) < 4.78 is 1.94. The van der Waals surface area contributed by atoms with E-state index in [9.17, 15) is 0 Å². The standard InChI is InChI=1S/C18H21N3/c1-13(14-8-4-3-5-9-14)16(19)12-17-15-10-6-7-11-18(15)21(2)20-17/h3-11,13,16H,12,19H2,1-2H3. The maximum absolute atomic E-state index is 6.43. The molecule has 0 aliphatic heterocycles. The van der Waals surface area contributed by atoms with Crippen molar-refractivity contribution in [1.29, 1.82) is 0 Å². The molecule has 21 heavy (non-hydrogen) atoms. The van der Waals surface area contributed by atoms with E-state index in [0.29, 0.717) is 5.92 Å². The zero-order valence-electron chi connectivity index (χ0n) is 12.5. The van der Waals surface area contributed by atoms with Gasteiger partial charge in [-0.15, -0.1) is 0 Å². The molecule has 2 N–H and O–H groups in total. The third-order valence-corrected chi connectivity index (χ3v) is 4.23. The van der Waals surface area contributed by atoms with Crippen LogP contribution in [0, 0.1) is 0 Å². The van der Waals surface area contributed by atoms with Crippen molar-refractivity contribution >= 4 is 10.9 Å². The van der Waals surface area contributed by atoms with Crippen molar-refractivity contribution in [1.82, 2.24) is 9.78 Å². The second-order valence-corrected chi connectivity index (χ2v) is 5.65. The van der Waals surface area contributed by atoms with E-state index in [0.717, 1.165) is 17.6 Å². The van der Waals surface area contributed by atoms with Gasteiger partial charge in [0.25, 0.3) is 0 Å². The summed E-state index contributed by atoms with van der Waals surface area (Å²) in [6, 6.07) is 18.8. The Kier molecular flexibility index (Phi) is 3.76. The number of aromatic nitrogens is 2. The molecule has 3 heteroatoms. The van der Waals surface area contributed by atoms with Crippen LogP contribution in [0.5, 0.6) is 0 Å². The van der Waals surface area contributed by atoms with Gasteiger partial charge in [-0.2, -0.15) is 5.10 Å². The van der Waals surface area contributed by atoms with Crippen molar-refractivity contribution in [3.8, 4) is 0 Å². The minimum Gasteiger partial charge on any atom is -0.327 e. The van der Waals surface area contributed by atoms with Crippen LogP contribution < -0.4 is 5.73 Å². The Balaban J connectivity index is 1.85. The van der Waals surface area contributed by atoms with Crippen LogP contribution in [0.3, 0.4) is 0 Å². The van der Waals surface area contributed by atoms with E-state index in [1.54, 1.807) is 0 Å². The molecule has 3 rings (SSSR count). The van der Waals surface area contributed by atoms with Crippen molar-refractivity contribution in [2.75, 3.05) is 0 Å². The zero-order valence-corrected chi connectivity index (χ0v) is 12.5. The van der Waals surface area contributed by atoms with Gasteiger partial charge in [-0.05, 0) is 17.5 Å². The molecule has 2 aromatic carbocycles. The molecule has 1 heterocycles. The van der Waals surface area contributed by atoms with E-state index in [-0.39, 0.29) is 6.04 Å². The van der Waals surface area contributed by atoms with Crippen LogP contribution in [-0.4, -0.2) is 15.8 Å². The Morgan fingerprint density at radius 3 is 2.48 bits per heavy atom. The molecule has 3 nitrogen and oxygen atoms in total. The van der Waals surface area contributed by atoms with Crippen LogP contribution in [0.15, 0.2) is 54.6 Å². The SMILES string of the molecule is CC(c1ccccc1)C(N)Cc1nn(C)c2ccccc12. The molecule has 0 saturated carbocycles. The van der Waals surface area contributed by atoms with Crippen LogP contribution in [-0.2, 0) is 13.5 Å². The normalized spacial score (nSPS) is 14.2. The number of para-hydroxylation sites is 1. The van der Waals surface area contributed by atoms with Crippen molar-refractivity contribution in [2.45, 2.75) is 25.3 Å². The van der Waals surface area contributed by atoms with Gasteiger partial charge in [-0.1, -0.05) is 55.5 Å². The lowest BCUT2D eigenvalue weighted by Gasteiger charge is -2.19. The van der Waals surface area contributed by atoms with E-state index in [1.807, 2.05) is 23.9 Å². The summed E-state index contributed by atoms with van der Waals surface area (Å²) in [6.45, 7) is 2.19. The monoisotopic (exact) mass is 279 g/mol. The summed E-state index contributed by atoms with van der Waals surface area (Å²) >= 11 is 0. The molecular formula is C18H21N3. The number of rotatable bonds is 4. The number of fused-ring (bicyclic) bond motifs is 1. The largest absolute Gasteiger partial charge is 0.327 e. The highest BCUT2D eigenvalue weighted by molar-refractivity contribution is 5.81. The van der Waals surface area contributed by atoms with Gasteiger partial charge in [0.05, 0.1) is 11.2 Å². The molecule has 1 aromatic heterocycles. The fourth-order valence-electron chi connectivity index (χ4n) is 2.84. The van der Waals surface area contributed by atoms with E-state index in [2.05, 4.69) is 54.5 Å². The molecule has 0 saturated heterocycles. The highest BCUT2D eigenvalue weighted by atomic mass is 15.3. The molecule has 108 valence electrons. The lowest BCUT2D eigenvalue weighted by atomic mass is 9.90. The Morgan fingerprint density at radius 1 is 1.05 bits per heavy atom. The first kappa shape index (κ1) is 13.8. The van der Waals surface area contributed by atoms with Crippen molar-refractivity contribution in [3.05, 3.63) is 65.9 Å². The first-order valence-electron chi connectivity index (χ1n) is 7.38. The lowest BCUT2D eigenvalue weighted by Crippen LogP contribution is -2.29. The Hall–Kier alpha value is -2.13. The van der Waals surface area contributed by atoms with Gasteiger partial charge >= 0.3 is 0 Å². The number of aryl methyl sites for hydroxylation is 1. The third kappa shape index (κ3) is 2.69. The number of hydrogen-bond donors (Lipinski definition) is 1. The highest BCUT2D eigenvalue weighted by Gasteiger charge is 2.18. The number of benzene rings is 2. The molecule has 2 unspecified atom stereocenters.